The third kappa shape index (κ3) is 3.11. The number of H-pyrrole nitrogens is 1. The maximum Gasteiger partial charge on any atom is 0.118 e. The molecule has 0 aliphatic heterocycles. The molecule has 0 spiro atoms. The van der Waals surface area contributed by atoms with Crippen LogP contribution in [0.2, 0.25) is 0 Å². The lowest BCUT2D eigenvalue weighted by Crippen LogP contribution is -1.96. The first-order valence-electron chi connectivity index (χ1n) is 8.98. The van der Waals surface area contributed by atoms with E-state index in [-0.39, 0.29) is 0 Å². The quantitative estimate of drug-likeness (QED) is 0.462. The van der Waals surface area contributed by atoms with Gasteiger partial charge in [0.2, 0.25) is 0 Å². The van der Waals surface area contributed by atoms with E-state index in [0.717, 1.165) is 11.4 Å². The average molecular weight is 341 g/mol. The zero-order chi connectivity index (χ0) is 18.1. The van der Waals surface area contributed by atoms with Crippen molar-refractivity contribution in [3.8, 4) is 17.0 Å². The van der Waals surface area contributed by atoms with Gasteiger partial charge in [0.05, 0.1) is 7.11 Å². The van der Waals surface area contributed by atoms with E-state index in [4.69, 9.17) is 4.74 Å². The Morgan fingerprint density at radius 1 is 0.808 bits per heavy atom. The van der Waals surface area contributed by atoms with Gasteiger partial charge in [0.15, 0.2) is 0 Å². The van der Waals surface area contributed by atoms with Crippen molar-refractivity contribution in [2.24, 2.45) is 0 Å². The summed E-state index contributed by atoms with van der Waals surface area (Å²) in [6.45, 7) is 4.36. The van der Waals surface area contributed by atoms with Gasteiger partial charge in [0.1, 0.15) is 5.75 Å². The molecule has 0 bridgehead atoms. The van der Waals surface area contributed by atoms with E-state index >= 15 is 0 Å². The molecule has 2 nitrogen and oxygen atoms in total. The Morgan fingerprint density at radius 2 is 1.50 bits per heavy atom. The summed E-state index contributed by atoms with van der Waals surface area (Å²) in [5.74, 6) is 1.22. The van der Waals surface area contributed by atoms with Gasteiger partial charge in [-0.3, -0.25) is 0 Å². The summed E-state index contributed by atoms with van der Waals surface area (Å²) < 4.78 is 5.26. The Balaban J connectivity index is 1.67. The lowest BCUT2D eigenvalue weighted by molar-refractivity contribution is 0.414. The predicted octanol–water partition coefficient (Wildman–Crippen LogP) is 6.30. The van der Waals surface area contributed by atoms with Crippen molar-refractivity contribution in [1.29, 1.82) is 0 Å². The Morgan fingerprint density at radius 3 is 2.19 bits per heavy atom. The minimum absolute atomic E-state index is 0.330. The topological polar surface area (TPSA) is 25.0 Å². The number of methoxy groups -OCH3 is 1. The summed E-state index contributed by atoms with van der Waals surface area (Å²) >= 11 is 0. The van der Waals surface area contributed by atoms with Crippen LogP contribution in [-0.2, 0) is 0 Å². The Bertz CT molecular complexity index is 1030. The standard InChI is InChI=1S/C24H23NO/c1-16-4-6-19(7-5-16)23-15-21-9-8-20(14-24(21)25-23)17(2)18-10-12-22(26-3)13-11-18/h4-15,17,25H,1-3H3. The van der Waals surface area contributed by atoms with Crippen LogP contribution in [0.4, 0.5) is 0 Å². The van der Waals surface area contributed by atoms with E-state index in [1.807, 2.05) is 12.1 Å². The molecule has 26 heavy (non-hydrogen) atoms. The number of nitrogens with one attached hydrogen (secondary N) is 1. The molecule has 2 heteroatoms. The number of aromatic amines is 1. The van der Waals surface area contributed by atoms with Gasteiger partial charge in [-0.1, -0.05) is 61.0 Å². The number of benzene rings is 3. The largest absolute Gasteiger partial charge is 0.497 e. The normalized spacial score (nSPS) is 12.3. The smallest absolute Gasteiger partial charge is 0.118 e. The molecule has 0 amide bonds. The van der Waals surface area contributed by atoms with Gasteiger partial charge >= 0.3 is 0 Å². The van der Waals surface area contributed by atoms with Crippen molar-refractivity contribution in [2.45, 2.75) is 19.8 Å². The molecule has 0 saturated heterocycles. The molecule has 0 aliphatic rings. The molecule has 1 heterocycles. The van der Waals surface area contributed by atoms with Gasteiger partial charge in [0, 0.05) is 22.5 Å². The Kier molecular flexibility index (Phi) is 4.26. The first kappa shape index (κ1) is 16.5. The zero-order valence-electron chi connectivity index (χ0n) is 15.4. The van der Waals surface area contributed by atoms with Crippen LogP contribution in [0.3, 0.4) is 0 Å². The molecule has 1 N–H and O–H groups in total. The Labute approximate surface area is 154 Å². The minimum atomic E-state index is 0.330. The van der Waals surface area contributed by atoms with Crippen molar-refractivity contribution >= 4 is 10.9 Å². The molecular weight excluding hydrogens is 318 g/mol. The highest BCUT2D eigenvalue weighted by atomic mass is 16.5. The number of hydrogen-bond acceptors (Lipinski definition) is 1. The van der Waals surface area contributed by atoms with Crippen LogP contribution in [0.5, 0.6) is 5.75 Å². The summed E-state index contributed by atoms with van der Waals surface area (Å²) in [6, 6.07) is 25.9. The van der Waals surface area contributed by atoms with E-state index in [1.165, 1.54) is 33.2 Å². The fourth-order valence-corrected chi connectivity index (χ4v) is 3.39. The summed E-state index contributed by atoms with van der Waals surface area (Å²) in [7, 11) is 1.70. The maximum absolute atomic E-state index is 5.26. The van der Waals surface area contributed by atoms with E-state index in [9.17, 15) is 0 Å². The van der Waals surface area contributed by atoms with Gasteiger partial charge in [-0.2, -0.15) is 0 Å². The van der Waals surface area contributed by atoms with Crippen molar-refractivity contribution in [2.75, 3.05) is 7.11 Å². The summed E-state index contributed by atoms with van der Waals surface area (Å²) in [6.07, 6.45) is 0. The molecule has 3 aromatic carbocycles. The number of aromatic nitrogens is 1. The number of aryl methyl sites for hydroxylation is 1. The lowest BCUT2D eigenvalue weighted by atomic mass is 9.92. The summed E-state index contributed by atoms with van der Waals surface area (Å²) in [4.78, 5) is 3.58. The second-order valence-corrected chi connectivity index (χ2v) is 6.89. The molecule has 0 aliphatic carbocycles. The first-order valence-corrected chi connectivity index (χ1v) is 8.98. The molecular formula is C24H23NO. The van der Waals surface area contributed by atoms with Crippen molar-refractivity contribution in [1.82, 2.24) is 4.98 Å². The number of hydrogen-bond donors (Lipinski definition) is 1. The number of rotatable bonds is 4. The third-order valence-electron chi connectivity index (χ3n) is 5.12. The highest BCUT2D eigenvalue weighted by Crippen LogP contribution is 2.30. The number of fused-ring (bicyclic) bond motifs is 1. The summed E-state index contributed by atoms with van der Waals surface area (Å²) in [5, 5.41) is 1.24. The first-order chi connectivity index (χ1) is 12.6. The third-order valence-corrected chi connectivity index (χ3v) is 5.12. The number of ether oxygens (including phenoxy) is 1. The maximum atomic E-state index is 5.26. The van der Waals surface area contributed by atoms with Gasteiger partial charge in [0.25, 0.3) is 0 Å². The van der Waals surface area contributed by atoms with Gasteiger partial charge in [-0.25, -0.2) is 0 Å². The average Bonchev–Trinajstić information content (AvgIpc) is 3.11. The van der Waals surface area contributed by atoms with E-state index in [2.05, 4.69) is 79.5 Å². The predicted molar refractivity (Wildman–Crippen MR) is 109 cm³/mol. The van der Waals surface area contributed by atoms with Gasteiger partial charge in [-0.05, 0) is 47.9 Å². The van der Waals surface area contributed by atoms with Crippen molar-refractivity contribution in [3.05, 3.63) is 89.5 Å². The molecule has 4 aromatic rings. The van der Waals surface area contributed by atoms with E-state index in [0.29, 0.717) is 5.92 Å². The van der Waals surface area contributed by atoms with Crippen LogP contribution < -0.4 is 4.74 Å². The van der Waals surface area contributed by atoms with E-state index < -0.39 is 0 Å². The highest BCUT2D eigenvalue weighted by molar-refractivity contribution is 5.86. The van der Waals surface area contributed by atoms with Crippen LogP contribution in [-0.4, -0.2) is 12.1 Å². The van der Waals surface area contributed by atoms with Crippen LogP contribution in [0.15, 0.2) is 72.8 Å². The Hall–Kier alpha value is -3.00. The highest BCUT2D eigenvalue weighted by Gasteiger charge is 2.11. The van der Waals surface area contributed by atoms with Crippen LogP contribution in [0, 0.1) is 6.92 Å². The van der Waals surface area contributed by atoms with Gasteiger partial charge in [-0.15, -0.1) is 0 Å². The van der Waals surface area contributed by atoms with Crippen LogP contribution in [0.1, 0.15) is 29.5 Å². The molecule has 1 atom stereocenters. The van der Waals surface area contributed by atoms with Crippen LogP contribution in [0.25, 0.3) is 22.2 Å². The molecule has 4 rings (SSSR count). The molecule has 0 saturated carbocycles. The summed E-state index contributed by atoms with van der Waals surface area (Å²) in [5.41, 5.74) is 7.43. The minimum Gasteiger partial charge on any atom is -0.497 e. The molecule has 0 fully saturated rings. The molecule has 0 radical (unpaired) electrons. The van der Waals surface area contributed by atoms with E-state index in [1.54, 1.807) is 7.11 Å². The lowest BCUT2D eigenvalue weighted by Gasteiger charge is -2.13. The SMILES string of the molecule is COc1ccc(C(C)c2ccc3cc(-c4ccc(C)cc4)[nH]c3c2)cc1. The van der Waals surface area contributed by atoms with Crippen molar-refractivity contribution < 1.29 is 4.74 Å². The van der Waals surface area contributed by atoms with Crippen molar-refractivity contribution in [3.63, 3.8) is 0 Å². The molecule has 130 valence electrons. The fraction of sp³-hybridized carbons (Fsp3) is 0.167. The van der Waals surface area contributed by atoms with Gasteiger partial charge < -0.3 is 9.72 Å². The molecule has 1 unspecified atom stereocenters. The monoisotopic (exact) mass is 341 g/mol. The second-order valence-electron chi connectivity index (χ2n) is 6.89. The zero-order valence-corrected chi connectivity index (χ0v) is 15.4. The fourth-order valence-electron chi connectivity index (χ4n) is 3.39. The molecule has 1 aromatic heterocycles. The van der Waals surface area contributed by atoms with Crippen LogP contribution >= 0.6 is 0 Å². The second kappa shape index (κ2) is 6.72.